The van der Waals surface area contributed by atoms with Gasteiger partial charge >= 0.3 is 6.03 Å². The Morgan fingerprint density at radius 3 is 2.39 bits per heavy atom. The molecular weight excluding hydrogens is 308 g/mol. The smallest absolute Gasteiger partial charge is 0.315 e. The number of urea groups is 1. The summed E-state index contributed by atoms with van der Waals surface area (Å²) in [6.45, 7) is 1.05. The number of aliphatic hydroxyl groups is 1. The lowest BCUT2D eigenvalue weighted by atomic mass is 10.1. The second kappa shape index (κ2) is 9.92. The molecule has 0 unspecified atom stereocenters. The third kappa shape index (κ3) is 6.34. The highest BCUT2D eigenvalue weighted by atomic mass is 32.2. The van der Waals surface area contributed by atoms with Gasteiger partial charge in [-0.2, -0.15) is 0 Å². The van der Waals surface area contributed by atoms with E-state index >= 15 is 0 Å². The first-order chi connectivity index (χ1) is 11.3. The zero-order valence-corrected chi connectivity index (χ0v) is 13.8. The quantitative estimate of drug-likeness (QED) is 0.515. The summed E-state index contributed by atoms with van der Waals surface area (Å²) < 4.78 is 0. The van der Waals surface area contributed by atoms with Crippen LogP contribution in [0.3, 0.4) is 0 Å². The largest absolute Gasteiger partial charge is 0.392 e. The van der Waals surface area contributed by atoms with Crippen molar-refractivity contribution in [1.29, 1.82) is 0 Å². The summed E-state index contributed by atoms with van der Waals surface area (Å²) in [5.41, 5.74) is 1.77. The van der Waals surface area contributed by atoms with Crippen molar-refractivity contribution in [1.82, 2.24) is 10.6 Å². The van der Waals surface area contributed by atoms with Gasteiger partial charge in [0.1, 0.15) is 0 Å². The van der Waals surface area contributed by atoms with E-state index in [9.17, 15) is 9.90 Å². The predicted molar refractivity (Wildman–Crippen MR) is 94.4 cm³/mol. The number of rotatable bonds is 8. The average molecular weight is 330 g/mol. The summed E-state index contributed by atoms with van der Waals surface area (Å²) in [5.74, 6) is 0.970. The first-order valence-electron chi connectivity index (χ1n) is 7.67. The standard InChI is InChI=1S/C18H22N2O2S/c21-14-16-8-5-4-7-15(16)13-20-18(22)19-11-6-12-23-17-9-2-1-3-10-17/h1-5,7-10,21H,6,11-14H2,(H2,19,20,22). The zero-order valence-electron chi connectivity index (χ0n) is 13.0. The number of carbonyl (C=O) groups is 1. The van der Waals surface area contributed by atoms with Gasteiger partial charge in [0, 0.05) is 18.0 Å². The first kappa shape index (κ1) is 17.4. The molecule has 0 aliphatic carbocycles. The van der Waals surface area contributed by atoms with Gasteiger partial charge in [0.15, 0.2) is 0 Å². The molecule has 122 valence electrons. The van der Waals surface area contributed by atoms with E-state index in [0.717, 1.165) is 23.3 Å². The van der Waals surface area contributed by atoms with E-state index in [1.165, 1.54) is 4.90 Å². The molecule has 4 nitrogen and oxygen atoms in total. The molecular formula is C18H22N2O2S. The Bertz CT molecular complexity index is 605. The van der Waals surface area contributed by atoms with Crippen LogP contribution in [0.25, 0.3) is 0 Å². The maximum Gasteiger partial charge on any atom is 0.315 e. The van der Waals surface area contributed by atoms with Crippen LogP contribution in [-0.4, -0.2) is 23.4 Å². The van der Waals surface area contributed by atoms with Gasteiger partial charge < -0.3 is 15.7 Å². The normalized spacial score (nSPS) is 10.3. The zero-order chi connectivity index (χ0) is 16.3. The molecule has 0 spiro atoms. The fourth-order valence-electron chi connectivity index (χ4n) is 2.10. The van der Waals surface area contributed by atoms with Crippen LogP contribution in [0.15, 0.2) is 59.5 Å². The summed E-state index contributed by atoms with van der Waals surface area (Å²) in [6.07, 6.45) is 0.917. The van der Waals surface area contributed by atoms with E-state index in [0.29, 0.717) is 13.1 Å². The summed E-state index contributed by atoms with van der Waals surface area (Å²) in [4.78, 5) is 13.0. The Kier molecular flexibility index (Phi) is 7.49. The maximum absolute atomic E-state index is 11.8. The van der Waals surface area contributed by atoms with Crippen LogP contribution in [0.2, 0.25) is 0 Å². The number of amides is 2. The summed E-state index contributed by atoms with van der Waals surface area (Å²) in [6, 6.07) is 17.6. The van der Waals surface area contributed by atoms with Crippen LogP contribution in [0.1, 0.15) is 17.5 Å². The van der Waals surface area contributed by atoms with Crippen LogP contribution in [0.4, 0.5) is 4.79 Å². The molecule has 2 amide bonds. The molecule has 0 bridgehead atoms. The molecule has 0 saturated carbocycles. The molecule has 0 aromatic heterocycles. The second-order valence-electron chi connectivity index (χ2n) is 5.05. The Balaban J connectivity index is 1.60. The number of carbonyl (C=O) groups excluding carboxylic acids is 1. The number of benzene rings is 2. The van der Waals surface area contributed by atoms with Crippen molar-refractivity contribution in [3.63, 3.8) is 0 Å². The van der Waals surface area contributed by atoms with E-state index in [2.05, 4.69) is 22.8 Å². The van der Waals surface area contributed by atoms with Crippen molar-refractivity contribution in [2.45, 2.75) is 24.5 Å². The molecule has 3 N–H and O–H groups in total. The molecule has 0 radical (unpaired) electrons. The van der Waals surface area contributed by atoms with E-state index in [1.807, 2.05) is 42.5 Å². The van der Waals surface area contributed by atoms with Crippen LogP contribution in [-0.2, 0) is 13.2 Å². The van der Waals surface area contributed by atoms with Gasteiger partial charge in [-0.25, -0.2) is 4.79 Å². The SMILES string of the molecule is O=C(NCCCSc1ccccc1)NCc1ccccc1CO. The molecule has 0 aliphatic heterocycles. The minimum absolute atomic E-state index is 0.0177. The summed E-state index contributed by atoms with van der Waals surface area (Å²) in [5, 5.41) is 14.9. The van der Waals surface area contributed by atoms with Crippen LogP contribution in [0, 0.1) is 0 Å². The van der Waals surface area contributed by atoms with Crippen LogP contribution >= 0.6 is 11.8 Å². The summed E-state index contributed by atoms with van der Waals surface area (Å²) >= 11 is 1.79. The van der Waals surface area contributed by atoms with Crippen molar-refractivity contribution in [2.24, 2.45) is 0 Å². The Labute approximate surface area is 141 Å². The number of nitrogens with one attached hydrogen (secondary N) is 2. The average Bonchev–Trinajstić information content (AvgIpc) is 2.60. The van der Waals surface area contributed by atoms with E-state index in [4.69, 9.17) is 0 Å². The Morgan fingerprint density at radius 1 is 0.957 bits per heavy atom. The molecule has 2 rings (SSSR count). The Morgan fingerprint density at radius 2 is 1.65 bits per heavy atom. The number of hydrogen-bond acceptors (Lipinski definition) is 3. The van der Waals surface area contributed by atoms with Crippen LogP contribution in [0.5, 0.6) is 0 Å². The second-order valence-corrected chi connectivity index (χ2v) is 6.22. The highest BCUT2D eigenvalue weighted by molar-refractivity contribution is 7.99. The Hall–Kier alpha value is -1.98. The van der Waals surface area contributed by atoms with Gasteiger partial charge in [-0.3, -0.25) is 0 Å². The van der Waals surface area contributed by atoms with Gasteiger partial charge in [-0.05, 0) is 35.4 Å². The molecule has 0 fully saturated rings. The van der Waals surface area contributed by atoms with E-state index < -0.39 is 0 Å². The lowest BCUT2D eigenvalue weighted by Gasteiger charge is -2.10. The van der Waals surface area contributed by atoms with Crippen molar-refractivity contribution in [3.05, 3.63) is 65.7 Å². The number of hydrogen-bond donors (Lipinski definition) is 3. The molecule has 5 heteroatoms. The highest BCUT2D eigenvalue weighted by Crippen LogP contribution is 2.17. The molecule has 2 aromatic carbocycles. The molecule has 2 aromatic rings. The van der Waals surface area contributed by atoms with Gasteiger partial charge in [-0.15, -0.1) is 11.8 Å². The fourth-order valence-corrected chi connectivity index (χ4v) is 2.98. The fraction of sp³-hybridized carbons (Fsp3) is 0.278. The third-order valence-electron chi connectivity index (χ3n) is 3.35. The lowest BCUT2D eigenvalue weighted by molar-refractivity contribution is 0.240. The van der Waals surface area contributed by atoms with Gasteiger partial charge in [-0.1, -0.05) is 42.5 Å². The summed E-state index contributed by atoms with van der Waals surface area (Å²) in [7, 11) is 0. The van der Waals surface area contributed by atoms with E-state index in [1.54, 1.807) is 11.8 Å². The number of aliphatic hydroxyl groups excluding tert-OH is 1. The monoisotopic (exact) mass is 330 g/mol. The minimum atomic E-state index is -0.178. The van der Waals surface area contributed by atoms with E-state index in [-0.39, 0.29) is 12.6 Å². The maximum atomic E-state index is 11.8. The lowest BCUT2D eigenvalue weighted by Crippen LogP contribution is -2.35. The van der Waals surface area contributed by atoms with Gasteiger partial charge in [0.2, 0.25) is 0 Å². The van der Waals surface area contributed by atoms with Crippen molar-refractivity contribution in [3.8, 4) is 0 Å². The molecule has 0 aliphatic rings. The van der Waals surface area contributed by atoms with Gasteiger partial charge in [0.25, 0.3) is 0 Å². The molecule has 0 heterocycles. The van der Waals surface area contributed by atoms with Crippen LogP contribution < -0.4 is 10.6 Å². The molecule has 0 saturated heterocycles. The third-order valence-corrected chi connectivity index (χ3v) is 4.45. The van der Waals surface area contributed by atoms with Crippen molar-refractivity contribution < 1.29 is 9.90 Å². The molecule has 0 atom stereocenters. The van der Waals surface area contributed by atoms with Crippen molar-refractivity contribution in [2.75, 3.05) is 12.3 Å². The first-order valence-corrected chi connectivity index (χ1v) is 8.65. The molecule has 23 heavy (non-hydrogen) atoms. The minimum Gasteiger partial charge on any atom is -0.392 e. The number of thioether (sulfide) groups is 1. The topological polar surface area (TPSA) is 61.4 Å². The van der Waals surface area contributed by atoms with Gasteiger partial charge in [0.05, 0.1) is 6.61 Å². The van der Waals surface area contributed by atoms with Crippen molar-refractivity contribution >= 4 is 17.8 Å². The highest BCUT2D eigenvalue weighted by Gasteiger charge is 2.03. The predicted octanol–water partition coefficient (Wildman–Crippen LogP) is 3.16.